The minimum atomic E-state index is 0. The molecule has 1 amide bonds. The lowest BCUT2D eigenvalue weighted by Gasteiger charge is -2.33. The first-order chi connectivity index (χ1) is 10.5. The van der Waals surface area contributed by atoms with Crippen molar-refractivity contribution in [2.24, 2.45) is 11.7 Å². The van der Waals surface area contributed by atoms with Crippen LogP contribution in [0.2, 0.25) is 0 Å². The molecule has 0 aliphatic carbocycles. The third kappa shape index (κ3) is 6.13. The summed E-state index contributed by atoms with van der Waals surface area (Å²) in [7, 11) is 0. The van der Waals surface area contributed by atoms with Crippen molar-refractivity contribution >= 4 is 24.0 Å². The van der Waals surface area contributed by atoms with Gasteiger partial charge in [-0.2, -0.15) is 0 Å². The number of rotatable bonds is 5. The molecule has 1 aliphatic rings. The summed E-state index contributed by atoms with van der Waals surface area (Å²) in [5.41, 5.74) is 8.09. The number of amides is 1. The third-order valence-corrected chi connectivity index (χ3v) is 4.58. The highest BCUT2D eigenvalue weighted by molar-refractivity contribution is 5.92. The fraction of sp³-hybridized carbons (Fsp3) is 0.611. The lowest BCUT2D eigenvalue weighted by molar-refractivity contribution is -0.117. The molecule has 1 heterocycles. The van der Waals surface area contributed by atoms with Gasteiger partial charge in [0.05, 0.1) is 6.54 Å². The monoisotopic (exact) mass is 339 g/mol. The molecule has 1 saturated heterocycles. The molecule has 1 atom stereocenters. The number of benzene rings is 1. The van der Waals surface area contributed by atoms with E-state index in [2.05, 4.69) is 43.1 Å². The number of hydrogen-bond acceptors (Lipinski definition) is 3. The number of carbonyl (C=O) groups excluding carboxylic acids is 1. The Balaban J connectivity index is 0.00000264. The molecule has 0 aromatic heterocycles. The summed E-state index contributed by atoms with van der Waals surface area (Å²) in [6.07, 6.45) is 2.18. The number of likely N-dealkylation sites (tertiary alicyclic amines) is 1. The Bertz CT molecular complexity index is 497. The van der Waals surface area contributed by atoms with E-state index in [1.54, 1.807) is 0 Å². The van der Waals surface area contributed by atoms with Crippen molar-refractivity contribution in [1.29, 1.82) is 0 Å². The predicted molar refractivity (Wildman–Crippen MR) is 99.2 cm³/mol. The van der Waals surface area contributed by atoms with Gasteiger partial charge in [0.15, 0.2) is 0 Å². The molecular formula is C18H30ClN3O. The largest absolute Gasteiger partial charge is 0.328 e. The van der Waals surface area contributed by atoms with Crippen molar-refractivity contribution in [3.63, 3.8) is 0 Å². The highest BCUT2D eigenvalue weighted by Gasteiger charge is 2.23. The van der Waals surface area contributed by atoms with Crippen molar-refractivity contribution < 1.29 is 4.79 Å². The molecule has 23 heavy (non-hydrogen) atoms. The van der Waals surface area contributed by atoms with Gasteiger partial charge in [0.25, 0.3) is 0 Å². The first-order valence-electron chi connectivity index (χ1n) is 8.33. The Kier molecular flexibility index (Phi) is 8.03. The number of hydrogen-bond donors (Lipinski definition) is 2. The summed E-state index contributed by atoms with van der Waals surface area (Å²) in [5.74, 6) is 1.14. The fourth-order valence-corrected chi connectivity index (χ4v) is 3.02. The van der Waals surface area contributed by atoms with E-state index in [0.717, 1.165) is 31.6 Å². The minimum Gasteiger partial charge on any atom is -0.328 e. The van der Waals surface area contributed by atoms with Crippen molar-refractivity contribution in [3.8, 4) is 0 Å². The van der Waals surface area contributed by atoms with Gasteiger partial charge in [-0.05, 0) is 62.4 Å². The van der Waals surface area contributed by atoms with Crippen molar-refractivity contribution in [2.45, 2.75) is 45.6 Å². The van der Waals surface area contributed by atoms with E-state index >= 15 is 0 Å². The molecule has 2 rings (SSSR count). The van der Waals surface area contributed by atoms with E-state index in [1.165, 1.54) is 5.56 Å². The number of carbonyl (C=O) groups is 1. The van der Waals surface area contributed by atoms with Gasteiger partial charge in [0.1, 0.15) is 0 Å². The average molecular weight is 340 g/mol. The van der Waals surface area contributed by atoms with E-state index in [0.29, 0.717) is 18.4 Å². The van der Waals surface area contributed by atoms with Crippen LogP contribution in [-0.2, 0) is 4.79 Å². The van der Waals surface area contributed by atoms with Crippen LogP contribution >= 0.6 is 12.4 Å². The van der Waals surface area contributed by atoms with Gasteiger partial charge in [-0.25, -0.2) is 0 Å². The maximum Gasteiger partial charge on any atom is 0.238 e. The molecule has 1 aromatic carbocycles. The summed E-state index contributed by atoms with van der Waals surface area (Å²) in [6.45, 7) is 8.79. The third-order valence-electron chi connectivity index (χ3n) is 4.58. The van der Waals surface area contributed by atoms with Gasteiger partial charge in [0.2, 0.25) is 5.91 Å². The normalized spacial score (nSPS) is 17.6. The molecule has 1 aromatic rings. The quantitative estimate of drug-likeness (QED) is 0.865. The van der Waals surface area contributed by atoms with E-state index < -0.39 is 0 Å². The number of nitrogens with zero attached hydrogens (tertiary/aromatic N) is 1. The molecule has 0 saturated carbocycles. The topological polar surface area (TPSA) is 58.4 Å². The van der Waals surface area contributed by atoms with E-state index in [1.807, 2.05) is 12.1 Å². The van der Waals surface area contributed by atoms with Gasteiger partial charge in [0, 0.05) is 11.7 Å². The van der Waals surface area contributed by atoms with Gasteiger partial charge in [-0.15, -0.1) is 12.4 Å². The number of anilines is 1. The first-order valence-corrected chi connectivity index (χ1v) is 8.33. The van der Waals surface area contributed by atoms with Crippen LogP contribution < -0.4 is 11.1 Å². The second-order valence-electron chi connectivity index (χ2n) is 6.80. The molecular weight excluding hydrogens is 310 g/mol. The number of nitrogens with one attached hydrogen (secondary N) is 1. The first kappa shape index (κ1) is 19.9. The van der Waals surface area contributed by atoms with Gasteiger partial charge < -0.3 is 11.1 Å². The Morgan fingerprint density at radius 3 is 2.52 bits per heavy atom. The second kappa shape index (κ2) is 9.26. The standard InChI is InChI=1S/C18H29N3O.ClH/c1-13(2)16-5-4-6-17(11-16)20-18(22)12-21-9-7-15(8-10-21)14(3)19;/h4-6,11,13-15H,7-10,12,19H2,1-3H3,(H,20,22);1H. The zero-order valence-corrected chi connectivity index (χ0v) is 15.2. The van der Waals surface area contributed by atoms with E-state index in [-0.39, 0.29) is 24.4 Å². The summed E-state index contributed by atoms with van der Waals surface area (Å²) < 4.78 is 0. The average Bonchev–Trinajstić information content (AvgIpc) is 2.47. The van der Waals surface area contributed by atoms with Gasteiger partial charge in [-0.3, -0.25) is 9.69 Å². The molecule has 1 unspecified atom stereocenters. The zero-order valence-electron chi connectivity index (χ0n) is 14.4. The smallest absolute Gasteiger partial charge is 0.238 e. The van der Waals surface area contributed by atoms with Crippen LogP contribution in [0.4, 0.5) is 5.69 Å². The lowest BCUT2D eigenvalue weighted by Crippen LogP contribution is -2.42. The zero-order chi connectivity index (χ0) is 16.1. The molecule has 0 bridgehead atoms. The molecule has 1 fully saturated rings. The Labute approximate surface area is 146 Å². The van der Waals surface area contributed by atoms with Crippen LogP contribution in [0.15, 0.2) is 24.3 Å². The predicted octanol–water partition coefficient (Wildman–Crippen LogP) is 3.23. The number of halogens is 1. The second-order valence-corrected chi connectivity index (χ2v) is 6.80. The molecule has 5 heteroatoms. The van der Waals surface area contributed by atoms with Crippen molar-refractivity contribution in [3.05, 3.63) is 29.8 Å². The minimum absolute atomic E-state index is 0. The van der Waals surface area contributed by atoms with Crippen LogP contribution in [0.3, 0.4) is 0 Å². The van der Waals surface area contributed by atoms with Gasteiger partial charge >= 0.3 is 0 Å². The number of nitrogens with two attached hydrogens (primary N) is 1. The molecule has 4 nitrogen and oxygen atoms in total. The van der Waals surface area contributed by atoms with Crippen LogP contribution in [0, 0.1) is 5.92 Å². The summed E-state index contributed by atoms with van der Waals surface area (Å²) in [5, 5.41) is 3.01. The van der Waals surface area contributed by atoms with Crippen LogP contribution in [0.1, 0.15) is 45.1 Å². The Morgan fingerprint density at radius 2 is 1.96 bits per heavy atom. The van der Waals surface area contributed by atoms with E-state index in [9.17, 15) is 4.79 Å². The fourth-order valence-electron chi connectivity index (χ4n) is 3.02. The van der Waals surface area contributed by atoms with Crippen molar-refractivity contribution in [2.75, 3.05) is 25.0 Å². The Morgan fingerprint density at radius 1 is 1.30 bits per heavy atom. The molecule has 0 spiro atoms. The number of piperidine rings is 1. The summed E-state index contributed by atoms with van der Waals surface area (Å²) >= 11 is 0. The lowest BCUT2D eigenvalue weighted by atomic mass is 9.91. The maximum absolute atomic E-state index is 12.2. The highest BCUT2D eigenvalue weighted by atomic mass is 35.5. The molecule has 0 radical (unpaired) electrons. The summed E-state index contributed by atoms with van der Waals surface area (Å²) in [6, 6.07) is 8.37. The van der Waals surface area contributed by atoms with Crippen LogP contribution in [-0.4, -0.2) is 36.5 Å². The maximum atomic E-state index is 12.2. The van der Waals surface area contributed by atoms with Crippen LogP contribution in [0.25, 0.3) is 0 Å². The van der Waals surface area contributed by atoms with Crippen LogP contribution in [0.5, 0.6) is 0 Å². The van der Waals surface area contributed by atoms with Crippen molar-refractivity contribution in [1.82, 2.24) is 4.90 Å². The molecule has 1 aliphatic heterocycles. The molecule has 3 N–H and O–H groups in total. The molecule has 130 valence electrons. The SMILES string of the molecule is CC(C)c1cccc(NC(=O)CN2CCC(C(C)N)CC2)c1.Cl. The van der Waals surface area contributed by atoms with Gasteiger partial charge in [-0.1, -0.05) is 26.0 Å². The Hall–Kier alpha value is -1.10. The summed E-state index contributed by atoms with van der Waals surface area (Å²) in [4.78, 5) is 14.4. The highest BCUT2D eigenvalue weighted by Crippen LogP contribution is 2.20. The van der Waals surface area contributed by atoms with E-state index in [4.69, 9.17) is 5.73 Å².